The number of nitrogens with zero attached hydrogens (tertiary/aromatic N) is 1. The predicted octanol–water partition coefficient (Wildman–Crippen LogP) is 0.995. The molecule has 0 aromatic rings. The van der Waals surface area contributed by atoms with Gasteiger partial charge in [0.25, 0.3) is 0 Å². The first-order chi connectivity index (χ1) is 7.45. The van der Waals surface area contributed by atoms with Crippen molar-refractivity contribution in [2.24, 2.45) is 0 Å². The lowest BCUT2D eigenvalue weighted by Gasteiger charge is -2.27. The van der Waals surface area contributed by atoms with Gasteiger partial charge in [0.2, 0.25) is 5.91 Å². The molecular formula is C12H26N2O2. The Balaban J connectivity index is 4.08. The van der Waals surface area contributed by atoms with Gasteiger partial charge in [-0.05, 0) is 33.2 Å². The van der Waals surface area contributed by atoms with Crippen molar-refractivity contribution in [3.05, 3.63) is 0 Å². The van der Waals surface area contributed by atoms with Gasteiger partial charge in [-0.2, -0.15) is 0 Å². The molecule has 0 aromatic heterocycles. The van der Waals surface area contributed by atoms with E-state index in [2.05, 4.69) is 19.2 Å². The van der Waals surface area contributed by atoms with E-state index in [1.54, 1.807) is 0 Å². The Morgan fingerprint density at radius 2 is 1.94 bits per heavy atom. The summed E-state index contributed by atoms with van der Waals surface area (Å²) in [4.78, 5) is 13.7. The van der Waals surface area contributed by atoms with Gasteiger partial charge in [0, 0.05) is 12.1 Å². The average molecular weight is 230 g/mol. The number of rotatable bonds is 8. The summed E-state index contributed by atoms with van der Waals surface area (Å²) in [5.41, 5.74) is -0.145. The zero-order valence-electron chi connectivity index (χ0n) is 11.0. The van der Waals surface area contributed by atoms with E-state index in [0.717, 1.165) is 19.4 Å². The van der Waals surface area contributed by atoms with Crippen LogP contribution in [-0.4, -0.2) is 47.7 Å². The molecule has 4 nitrogen and oxygen atoms in total. The topological polar surface area (TPSA) is 52.6 Å². The van der Waals surface area contributed by atoms with Crippen LogP contribution in [0, 0.1) is 0 Å². The van der Waals surface area contributed by atoms with Gasteiger partial charge < -0.3 is 10.4 Å². The minimum atomic E-state index is -0.145. The lowest BCUT2D eigenvalue weighted by atomic mass is 10.0. The molecule has 2 N–H and O–H groups in total. The third kappa shape index (κ3) is 6.80. The molecule has 0 saturated heterocycles. The predicted molar refractivity (Wildman–Crippen MR) is 66.3 cm³/mol. The number of carbonyl (C=O) groups excluding carboxylic acids is 1. The zero-order chi connectivity index (χ0) is 12.6. The van der Waals surface area contributed by atoms with E-state index < -0.39 is 0 Å². The molecule has 0 bridgehead atoms. The van der Waals surface area contributed by atoms with E-state index in [4.69, 9.17) is 5.11 Å². The minimum Gasteiger partial charge on any atom is -0.395 e. The number of aliphatic hydroxyl groups excluding tert-OH is 1. The van der Waals surface area contributed by atoms with Crippen LogP contribution in [0.3, 0.4) is 0 Å². The maximum atomic E-state index is 11.7. The summed E-state index contributed by atoms with van der Waals surface area (Å²) in [5, 5.41) is 11.9. The Labute approximate surface area is 99.0 Å². The number of aliphatic hydroxyl groups is 1. The van der Waals surface area contributed by atoms with Crippen molar-refractivity contribution in [1.29, 1.82) is 0 Å². The number of hydrogen-bond acceptors (Lipinski definition) is 3. The molecule has 0 aliphatic heterocycles. The molecule has 0 saturated carbocycles. The smallest absolute Gasteiger partial charge is 0.234 e. The van der Waals surface area contributed by atoms with Gasteiger partial charge in [0.15, 0.2) is 0 Å². The standard InChI is InChI=1S/C12H26N2O2/c1-5-7-14(8-9-15)10-11(16)13-12(3,4)6-2/h15H,5-10H2,1-4H3,(H,13,16). The van der Waals surface area contributed by atoms with E-state index in [1.165, 1.54) is 0 Å². The van der Waals surface area contributed by atoms with Gasteiger partial charge in [-0.1, -0.05) is 13.8 Å². The van der Waals surface area contributed by atoms with Crippen LogP contribution in [0.1, 0.15) is 40.5 Å². The van der Waals surface area contributed by atoms with Crippen molar-refractivity contribution in [3.8, 4) is 0 Å². The molecule has 0 spiro atoms. The summed E-state index contributed by atoms with van der Waals surface area (Å²) < 4.78 is 0. The minimum absolute atomic E-state index is 0.0359. The van der Waals surface area contributed by atoms with Crippen LogP contribution >= 0.6 is 0 Å². The van der Waals surface area contributed by atoms with Gasteiger partial charge in [-0.3, -0.25) is 9.69 Å². The SMILES string of the molecule is CCCN(CCO)CC(=O)NC(C)(C)CC. The highest BCUT2D eigenvalue weighted by atomic mass is 16.3. The summed E-state index contributed by atoms with van der Waals surface area (Å²) in [6, 6.07) is 0. The lowest BCUT2D eigenvalue weighted by Crippen LogP contribution is -2.47. The van der Waals surface area contributed by atoms with Gasteiger partial charge in [-0.15, -0.1) is 0 Å². The Kier molecular flexibility index (Phi) is 7.34. The molecule has 0 aliphatic rings. The molecule has 0 aromatic carbocycles. The highest BCUT2D eigenvalue weighted by molar-refractivity contribution is 5.78. The van der Waals surface area contributed by atoms with Crippen LogP contribution in [0.5, 0.6) is 0 Å². The summed E-state index contributed by atoms with van der Waals surface area (Å²) >= 11 is 0. The Morgan fingerprint density at radius 1 is 1.31 bits per heavy atom. The number of hydrogen-bond donors (Lipinski definition) is 2. The molecule has 0 rings (SSSR count). The molecule has 0 fully saturated rings. The number of carbonyl (C=O) groups is 1. The van der Waals surface area contributed by atoms with E-state index in [0.29, 0.717) is 13.1 Å². The summed E-state index contributed by atoms with van der Waals surface area (Å²) in [5.74, 6) is 0.0359. The summed E-state index contributed by atoms with van der Waals surface area (Å²) in [6.07, 6.45) is 1.90. The van der Waals surface area contributed by atoms with Gasteiger partial charge in [0.1, 0.15) is 0 Å². The van der Waals surface area contributed by atoms with E-state index in [9.17, 15) is 4.79 Å². The number of nitrogens with one attached hydrogen (secondary N) is 1. The van der Waals surface area contributed by atoms with E-state index in [-0.39, 0.29) is 18.1 Å². The third-order valence-electron chi connectivity index (χ3n) is 2.68. The Bertz CT molecular complexity index is 199. The first-order valence-electron chi connectivity index (χ1n) is 6.09. The zero-order valence-corrected chi connectivity index (χ0v) is 11.0. The molecule has 0 heterocycles. The molecular weight excluding hydrogens is 204 g/mol. The molecule has 4 heteroatoms. The fraction of sp³-hybridized carbons (Fsp3) is 0.917. The van der Waals surface area contributed by atoms with Crippen molar-refractivity contribution < 1.29 is 9.90 Å². The first kappa shape index (κ1) is 15.4. The normalized spacial score (nSPS) is 11.9. The largest absolute Gasteiger partial charge is 0.395 e. The summed E-state index contributed by atoms with van der Waals surface area (Å²) in [6.45, 7) is 10.0. The van der Waals surface area contributed by atoms with Gasteiger partial charge in [0.05, 0.1) is 13.2 Å². The maximum Gasteiger partial charge on any atom is 0.234 e. The van der Waals surface area contributed by atoms with Crippen LogP contribution < -0.4 is 5.32 Å². The van der Waals surface area contributed by atoms with Crippen molar-refractivity contribution >= 4 is 5.91 Å². The van der Waals surface area contributed by atoms with Crippen molar-refractivity contribution in [2.45, 2.75) is 46.1 Å². The summed E-state index contributed by atoms with van der Waals surface area (Å²) in [7, 11) is 0. The molecule has 0 atom stereocenters. The molecule has 1 amide bonds. The van der Waals surface area contributed by atoms with Crippen LogP contribution in [-0.2, 0) is 4.79 Å². The Morgan fingerprint density at radius 3 is 2.38 bits per heavy atom. The van der Waals surface area contributed by atoms with Crippen LogP contribution in [0.15, 0.2) is 0 Å². The molecule has 16 heavy (non-hydrogen) atoms. The van der Waals surface area contributed by atoms with Crippen LogP contribution in [0.25, 0.3) is 0 Å². The average Bonchev–Trinajstić information content (AvgIpc) is 2.17. The molecule has 96 valence electrons. The van der Waals surface area contributed by atoms with E-state index in [1.807, 2.05) is 18.7 Å². The molecule has 0 radical (unpaired) electrons. The van der Waals surface area contributed by atoms with Crippen LogP contribution in [0.4, 0.5) is 0 Å². The van der Waals surface area contributed by atoms with Crippen LogP contribution in [0.2, 0.25) is 0 Å². The second-order valence-corrected chi connectivity index (χ2v) is 4.79. The maximum absolute atomic E-state index is 11.7. The quantitative estimate of drug-likeness (QED) is 0.654. The third-order valence-corrected chi connectivity index (χ3v) is 2.68. The molecule has 0 aliphatic carbocycles. The lowest BCUT2D eigenvalue weighted by molar-refractivity contribution is -0.124. The van der Waals surface area contributed by atoms with E-state index >= 15 is 0 Å². The monoisotopic (exact) mass is 230 g/mol. The number of amides is 1. The first-order valence-corrected chi connectivity index (χ1v) is 6.09. The fourth-order valence-electron chi connectivity index (χ4n) is 1.44. The van der Waals surface area contributed by atoms with Gasteiger partial charge >= 0.3 is 0 Å². The van der Waals surface area contributed by atoms with Crippen molar-refractivity contribution in [1.82, 2.24) is 10.2 Å². The highest BCUT2D eigenvalue weighted by Gasteiger charge is 2.19. The highest BCUT2D eigenvalue weighted by Crippen LogP contribution is 2.06. The van der Waals surface area contributed by atoms with Gasteiger partial charge in [-0.25, -0.2) is 0 Å². The van der Waals surface area contributed by atoms with Crippen molar-refractivity contribution in [2.75, 3.05) is 26.2 Å². The second kappa shape index (κ2) is 7.63. The van der Waals surface area contributed by atoms with Crippen molar-refractivity contribution in [3.63, 3.8) is 0 Å². The fourth-order valence-corrected chi connectivity index (χ4v) is 1.44. The second-order valence-electron chi connectivity index (χ2n) is 4.79. The Hall–Kier alpha value is -0.610. The molecule has 0 unspecified atom stereocenters.